The zero-order chi connectivity index (χ0) is 21.2. The van der Waals surface area contributed by atoms with Crippen molar-refractivity contribution in [3.63, 3.8) is 0 Å². The van der Waals surface area contributed by atoms with Gasteiger partial charge in [-0.2, -0.15) is 13.2 Å². The van der Waals surface area contributed by atoms with E-state index in [2.05, 4.69) is 17.1 Å². The van der Waals surface area contributed by atoms with Crippen molar-refractivity contribution in [1.29, 1.82) is 0 Å². The van der Waals surface area contributed by atoms with Crippen molar-refractivity contribution in [3.05, 3.63) is 70.2 Å². The number of likely N-dealkylation sites (N-methyl/N-ethyl adjacent to an activating group) is 1. The monoisotopic (exact) mass is 424 g/mol. The molecule has 0 aliphatic carbocycles. The number of alkyl halides is 3. The first kappa shape index (κ1) is 21.7. The quantitative estimate of drug-likeness (QED) is 0.682. The molecule has 3 rings (SSSR count). The number of hydrogen-bond acceptors (Lipinski definition) is 2. The summed E-state index contributed by atoms with van der Waals surface area (Å²) in [6.07, 6.45) is -1.64. The van der Waals surface area contributed by atoms with Crippen molar-refractivity contribution in [2.45, 2.75) is 50.5 Å². The summed E-state index contributed by atoms with van der Waals surface area (Å²) in [5.74, 6) is -0.610. The molecule has 0 radical (unpaired) electrons. The van der Waals surface area contributed by atoms with Gasteiger partial charge in [-0.1, -0.05) is 54.4 Å². The van der Waals surface area contributed by atoms with E-state index in [9.17, 15) is 18.0 Å². The summed E-state index contributed by atoms with van der Waals surface area (Å²) in [5.41, 5.74) is -0.268. The van der Waals surface area contributed by atoms with Crippen LogP contribution >= 0.6 is 11.6 Å². The van der Waals surface area contributed by atoms with Gasteiger partial charge in [-0.25, -0.2) is 0 Å². The molecule has 1 aliphatic rings. The predicted molar refractivity (Wildman–Crippen MR) is 108 cm³/mol. The van der Waals surface area contributed by atoms with Crippen molar-refractivity contribution in [3.8, 4) is 0 Å². The lowest BCUT2D eigenvalue weighted by Crippen LogP contribution is -2.50. The fourth-order valence-corrected chi connectivity index (χ4v) is 4.28. The fourth-order valence-electron chi connectivity index (χ4n) is 3.97. The summed E-state index contributed by atoms with van der Waals surface area (Å²) < 4.78 is 39.5. The SMILES string of the molecule is C[C@@H]1CCC[C@H]([C@H](NC(=O)c2cccc(C(F)(F)F)c2Cl)c2ccccc2)N1C. The summed E-state index contributed by atoms with van der Waals surface area (Å²) in [6, 6.07) is 12.9. The molecule has 1 saturated heterocycles. The van der Waals surface area contributed by atoms with Gasteiger partial charge in [0.15, 0.2) is 0 Å². The molecule has 0 spiro atoms. The summed E-state index contributed by atoms with van der Waals surface area (Å²) in [4.78, 5) is 15.2. The highest BCUT2D eigenvalue weighted by Crippen LogP contribution is 2.37. The van der Waals surface area contributed by atoms with Crippen molar-refractivity contribution >= 4 is 17.5 Å². The molecule has 29 heavy (non-hydrogen) atoms. The lowest BCUT2D eigenvalue weighted by atomic mass is 9.88. The molecule has 3 atom stereocenters. The smallest absolute Gasteiger partial charge is 0.344 e. The Morgan fingerprint density at radius 2 is 1.83 bits per heavy atom. The van der Waals surface area contributed by atoms with Crippen LogP contribution in [-0.4, -0.2) is 29.9 Å². The molecule has 2 aromatic carbocycles. The third-order valence-electron chi connectivity index (χ3n) is 5.72. The number of hydrogen-bond donors (Lipinski definition) is 1. The van der Waals surface area contributed by atoms with Crippen LogP contribution in [0.4, 0.5) is 13.2 Å². The van der Waals surface area contributed by atoms with Crippen LogP contribution in [0.15, 0.2) is 48.5 Å². The maximum absolute atomic E-state index is 13.2. The van der Waals surface area contributed by atoms with Gasteiger partial charge in [-0.15, -0.1) is 0 Å². The van der Waals surface area contributed by atoms with Crippen molar-refractivity contribution < 1.29 is 18.0 Å². The van der Waals surface area contributed by atoms with E-state index < -0.39 is 22.7 Å². The number of amides is 1. The normalized spacial score (nSPS) is 21.6. The molecule has 1 heterocycles. The van der Waals surface area contributed by atoms with Gasteiger partial charge in [0, 0.05) is 12.1 Å². The molecule has 2 aromatic rings. The second kappa shape index (κ2) is 8.76. The minimum atomic E-state index is -4.62. The van der Waals surface area contributed by atoms with Crippen LogP contribution in [0.25, 0.3) is 0 Å². The van der Waals surface area contributed by atoms with E-state index in [0.29, 0.717) is 6.04 Å². The van der Waals surface area contributed by atoms with Crippen LogP contribution in [0.5, 0.6) is 0 Å². The average molecular weight is 425 g/mol. The number of rotatable bonds is 4. The van der Waals surface area contributed by atoms with Gasteiger partial charge >= 0.3 is 6.18 Å². The minimum absolute atomic E-state index is 0.0367. The Morgan fingerprint density at radius 3 is 2.48 bits per heavy atom. The number of halogens is 4. The fraction of sp³-hybridized carbons (Fsp3) is 0.409. The Morgan fingerprint density at radius 1 is 1.14 bits per heavy atom. The first-order valence-electron chi connectivity index (χ1n) is 9.63. The van der Waals surface area contributed by atoms with E-state index in [1.54, 1.807) is 0 Å². The number of carbonyl (C=O) groups is 1. The van der Waals surface area contributed by atoms with E-state index in [0.717, 1.165) is 30.9 Å². The largest absolute Gasteiger partial charge is 0.417 e. The third kappa shape index (κ3) is 4.75. The predicted octanol–water partition coefficient (Wildman–Crippen LogP) is 5.70. The first-order chi connectivity index (χ1) is 13.7. The molecule has 1 N–H and O–H groups in total. The Balaban J connectivity index is 1.94. The van der Waals surface area contributed by atoms with E-state index in [-0.39, 0.29) is 17.6 Å². The van der Waals surface area contributed by atoms with Gasteiger partial charge in [0.2, 0.25) is 0 Å². The summed E-state index contributed by atoms with van der Waals surface area (Å²) in [6.45, 7) is 2.14. The average Bonchev–Trinajstić information content (AvgIpc) is 2.68. The molecule has 3 nitrogen and oxygen atoms in total. The molecule has 1 fully saturated rings. The second-order valence-corrected chi connectivity index (χ2v) is 7.92. The number of benzene rings is 2. The number of nitrogens with zero attached hydrogens (tertiary/aromatic N) is 1. The van der Waals surface area contributed by atoms with Crippen LogP contribution in [0.3, 0.4) is 0 Å². The molecular formula is C22H24ClF3N2O. The molecule has 1 aliphatic heterocycles. The first-order valence-corrected chi connectivity index (χ1v) is 10.0. The molecule has 7 heteroatoms. The van der Waals surface area contributed by atoms with Crippen molar-refractivity contribution in [2.75, 3.05) is 7.05 Å². The molecule has 0 saturated carbocycles. The van der Waals surface area contributed by atoms with Gasteiger partial charge in [-0.3, -0.25) is 9.69 Å². The Hall–Kier alpha value is -2.05. The lowest BCUT2D eigenvalue weighted by molar-refractivity contribution is -0.137. The molecule has 0 unspecified atom stereocenters. The van der Waals surface area contributed by atoms with E-state index in [1.807, 2.05) is 37.4 Å². The van der Waals surface area contributed by atoms with Crippen molar-refractivity contribution in [2.24, 2.45) is 0 Å². The zero-order valence-electron chi connectivity index (χ0n) is 16.3. The van der Waals surface area contributed by atoms with E-state index in [1.165, 1.54) is 12.1 Å². The highest BCUT2D eigenvalue weighted by molar-refractivity contribution is 6.34. The third-order valence-corrected chi connectivity index (χ3v) is 6.13. The number of piperidine rings is 1. The van der Waals surface area contributed by atoms with Gasteiger partial charge in [0.25, 0.3) is 5.91 Å². The van der Waals surface area contributed by atoms with Gasteiger partial charge in [0.1, 0.15) is 0 Å². The Bertz CT molecular complexity index is 857. The molecule has 156 valence electrons. The van der Waals surface area contributed by atoms with Crippen molar-refractivity contribution in [1.82, 2.24) is 10.2 Å². The summed E-state index contributed by atoms with van der Waals surface area (Å²) >= 11 is 5.96. The van der Waals surface area contributed by atoms with Crippen LogP contribution in [0, 0.1) is 0 Å². The topological polar surface area (TPSA) is 32.3 Å². The van der Waals surface area contributed by atoms with Crippen LogP contribution < -0.4 is 5.32 Å². The van der Waals surface area contributed by atoms with Crippen LogP contribution in [0.1, 0.15) is 53.7 Å². The molecule has 0 bridgehead atoms. The maximum Gasteiger partial charge on any atom is 0.417 e. The van der Waals surface area contributed by atoms with Crippen LogP contribution in [0.2, 0.25) is 5.02 Å². The second-order valence-electron chi connectivity index (χ2n) is 7.54. The maximum atomic E-state index is 13.2. The molecule has 1 amide bonds. The van der Waals surface area contributed by atoms with Gasteiger partial charge in [-0.05, 0) is 44.5 Å². The summed E-state index contributed by atoms with van der Waals surface area (Å²) in [5, 5.41) is 2.38. The summed E-state index contributed by atoms with van der Waals surface area (Å²) in [7, 11) is 2.02. The van der Waals surface area contributed by atoms with Gasteiger partial charge in [0.05, 0.1) is 22.2 Å². The Labute approximate surface area is 173 Å². The van der Waals surface area contributed by atoms with E-state index in [4.69, 9.17) is 11.6 Å². The van der Waals surface area contributed by atoms with Gasteiger partial charge < -0.3 is 5.32 Å². The highest BCUT2D eigenvalue weighted by Gasteiger charge is 2.36. The number of nitrogens with one attached hydrogen (secondary N) is 1. The highest BCUT2D eigenvalue weighted by atomic mass is 35.5. The standard InChI is InChI=1S/C22H24ClF3N2O/c1-14-8-6-13-18(28(14)2)20(15-9-4-3-5-10-15)27-21(29)16-11-7-12-17(19(16)23)22(24,25)26/h3-5,7,9-12,14,18,20H,6,8,13H2,1-2H3,(H,27,29)/t14-,18-,20-/m1/s1. The number of likely N-dealkylation sites (tertiary alicyclic amines) is 1. The molecular weight excluding hydrogens is 401 g/mol. The lowest BCUT2D eigenvalue weighted by Gasteiger charge is -2.42. The van der Waals surface area contributed by atoms with E-state index >= 15 is 0 Å². The minimum Gasteiger partial charge on any atom is -0.344 e. The number of carbonyl (C=O) groups excluding carboxylic acids is 1. The molecule has 0 aromatic heterocycles. The Kier molecular flexibility index (Phi) is 6.54. The zero-order valence-corrected chi connectivity index (χ0v) is 17.1. The van der Waals surface area contributed by atoms with Crippen LogP contribution in [-0.2, 0) is 6.18 Å².